The number of amides is 1. The first-order chi connectivity index (χ1) is 19.0. The Morgan fingerprint density at radius 1 is 1.15 bits per heavy atom. The topological polar surface area (TPSA) is 177 Å². The Hall–Kier alpha value is -3.41. The van der Waals surface area contributed by atoms with E-state index in [9.17, 15) is 34.8 Å². The van der Waals surface area contributed by atoms with Crippen molar-refractivity contribution in [3.05, 3.63) is 39.7 Å². The second-order valence-corrected chi connectivity index (χ2v) is 13.1. The van der Waals surface area contributed by atoms with Crippen LogP contribution < -0.4 is 16.0 Å². The molecule has 7 N–H and O–H groups in total. The van der Waals surface area contributed by atoms with Crippen molar-refractivity contribution in [3.63, 3.8) is 0 Å². The molecule has 41 heavy (non-hydrogen) atoms. The molecule has 0 aromatic heterocycles. The van der Waals surface area contributed by atoms with Crippen LogP contribution >= 0.6 is 0 Å². The average molecular weight is 569 g/mol. The number of phenols is 1. The quantitative estimate of drug-likeness (QED) is 0.274. The summed E-state index contributed by atoms with van der Waals surface area (Å²) in [6, 6.07) is 1.04. The number of nitrogens with zero attached hydrogens (tertiary/aromatic N) is 2. The zero-order chi connectivity index (χ0) is 30.3. The van der Waals surface area contributed by atoms with Gasteiger partial charge in [-0.2, -0.15) is 0 Å². The Morgan fingerprint density at radius 2 is 1.80 bits per heavy atom. The Labute approximate surface area is 239 Å². The fourth-order valence-electron chi connectivity index (χ4n) is 7.36. The number of anilines is 1. The second-order valence-electron chi connectivity index (χ2n) is 13.1. The van der Waals surface area contributed by atoms with Gasteiger partial charge >= 0.3 is 0 Å². The standard InChI is InChI=1S/C30H40N4O7/c1-29(2)8-7-18(29)32-12-14-11-17(33(3)4)15-9-13-10-16-22(34(5)6)25(37)21(28(31)40)27(39)30(16,41)26(38)19(13)24(36)20(15)23(14)35/h11,13,16,18,22,32,35-36,39,41H,7-10,12H2,1-6H3,(H2,31,40)/t13-,16?,18?,22-,30-/m0/s1. The van der Waals surface area contributed by atoms with Crippen LogP contribution in [0.25, 0.3) is 5.76 Å². The van der Waals surface area contributed by atoms with Gasteiger partial charge in [0.15, 0.2) is 11.4 Å². The van der Waals surface area contributed by atoms with E-state index in [1.165, 1.54) is 4.90 Å². The largest absolute Gasteiger partial charge is 0.508 e. The molecule has 0 saturated heterocycles. The molecule has 5 atom stereocenters. The Kier molecular flexibility index (Phi) is 6.79. The highest BCUT2D eigenvalue weighted by Gasteiger charge is 2.64. The van der Waals surface area contributed by atoms with Crippen LogP contribution in [0.5, 0.6) is 5.75 Å². The van der Waals surface area contributed by atoms with Gasteiger partial charge in [-0.05, 0) is 62.7 Å². The number of nitrogens with one attached hydrogen (secondary N) is 1. The van der Waals surface area contributed by atoms with Crippen LogP contribution in [0, 0.1) is 17.3 Å². The van der Waals surface area contributed by atoms with Crippen molar-refractivity contribution in [2.45, 2.75) is 63.8 Å². The molecule has 2 unspecified atom stereocenters. The van der Waals surface area contributed by atoms with Gasteiger partial charge < -0.3 is 36.4 Å². The summed E-state index contributed by atoms with van der Waals surface area (Å²) >= 11 is 0. The average Bonchev–Trinajstić information content (AvgIpc) is 2.86. The molecule has 11 heteroatoms. The van der Waals surface area contributed by atoms with Crippen molar-refractivity contribution in [1.82, 2.24) is 10.2 Å². The van der Waals surface area contributed by atoms with Gasteiger partial charge in [0, 0.05) is 49.4 Å². The summed E-state index contributed by atoms with van der Waals surface area (Å²) < 4.78 is 0. The van der Waals surface area contributed by atoms with Gasteiger partial charge in [0.05, 0.1) is 11.6 Å². The minimum absolute atomic E-state index is 0.0550. The highest BCUT2D eigenvalue weighted by atomic mass is 16.3. The highest BCUT2D eigenvalue weighted by Crippen LogP contribution is 2.54. The molecule has 1 aromatic rings. The first-order valence-electron chi connectivity index (χ1n) is 14.0. The minimum Gasteiger partial charge on any atom is -0.508 e. The van der Waals surface area contributed by atoms with Crippen LogP contribution in [0.4, 0.5) is 5.69 Å². The van der Waals surface area contributed by atoms with E-state index in [1.807, 2.05) is 25.1 Å². The van der Waals surface area contributed by atoms with E-state index in [1.54, 1.807) is 14.1 Å². The van der Waals surface area contributed by atoms with Crippen molar-refractivity contribution in [3.8, 4) is 5.75 Å². The van der Waals surface area contributed by atoms with Gasteiger partial charge in [-0.15, -0.1) is 0 Å². The molecule has 4 aliphatic rings. The third kappa shape index (κ3) is 4.08. The fourth-order valence-corrected chi connectivity index (χ4v) is 7.36. The molecule has 4 aliphatic carbocycles. The van der Waals surface area contributed by atoms with Gasteiger partial charge in [0.1, 0.15) is 22.8 Å². The monoisotopic (exact) mass is 568 g/mol. The predicted molar refractivity (Wildman–Crippen MR) is 152 cm³/mol. The van der Waals surface area contributed by atoms with Crippen molar-refractivity contribution in [2.75, 3.05) is 33.1 Å². The SMILES string of the molecule is CN(C)c1cc(CNC2CCC2(C)C)c(O)c2c1C[C@H]1CC3[C@H](N(C)C)C(=O)C(C(N)=O)=C(O)[C@@]3(O)C(=O)C1=C2O. The molecule has 1 amide bonds. The smallest absolute Gasteiger partial charge is 0.255 e. The molecule has 222 valence electrons. The van der Waals surface area contributed by atoms with E-state index < -0.39 is 58.0 Å². The number of Topliss-reactive ketones (excluding diaryl/α,β-unsaturated/α-hetero) is 2. The summed E-state index contributed by atoms with van der Waals surface area (Å²) in [5.41, 5.74) is 3.98. The zero-order valence-corrected chi connectivity index (χ0v) is 24.4. The van der Waals surface area contributed by atoms with E-state index in [0.717, 1.165) is 18.5 Å². The van der Waals surface area contributed by atoms with E-state index >= 15 is 0 Å². The minimum atomic E-state index is -2.65. The number of fused-ring (bicyclic) bond motifs is 3. The molecule has 0 heterocycles. The maximum Gasteiger partial charge on any atom is 0.255 e. The number of carbonyl (C=O) groups is 3. The number of nitrogens with two attached hydrogens (primary N) is 1. The Balaban J connectivity index is 1.66. The zero-order valence-electron chi connectivity index (χ0n) is 24.4. The number of carbonyl (C=O) groups excluding carboxylic acids is 3. The van der Waals surface area contributed by atoms with Crippen molar-refractivity contribution < 1.29 is 34.8 Å². The van der Waals surface area contributed by atoms with E-state index in [-0.39, 0.29) is 41.2 Å². The molecule has 0 aliphatic heterocycles. The van der Waals surface area contributed by atoms with Crippen LogP contribution in [0.15, 0.2) is 23.0 Å². The van der Waals surface area contributed by atoms with Crippen LogP contribution in [0.2, 0.25) is 0 Å². The Bertz CT molecular complexity index is 1430. The lowest BCUT2D eigenvalue weighted by atomic mass is 9.57. The van der Waals surface area contributed by atoms with E-state index in [4.69, 9.17) is 5.73 Å². The second kappa shape index (κ2) is 9.57. The summed E-state index contributed by atoms with van der Waals surface area (Å²) in [6.45, 7) is 4.71. The van der Waals surface area contributed by atoms with Gasteiger partial charge in [-0.1, -0.05) is 13.8 Å². The van der Waals surface area contributed by atoms with Gasteiger partial charge in [0.25, 0.3) is 5.91 Å². The van der Waals surface area contributed by atoms with Gasteiger partial charge in [0.2, 0.25) is 5.78 Å². The van der Waals surface area contributed by atoms with E-state index in [2.05, 4.69) is 19.2 Å². The number of hydrogen-bond acceptors (Lipinski definition) is 10. The molecule has 1 aromatic carbocycles. The molecular weight excluding hydrogens is 528 g/mol. The normalized spacial score (nSPS) is 30.5. The third-order valence-corrected chi connectivity index (χ3v) is 9.82. The number of aliphatic hydroxyl groups is 3. The lowest BCUT2D eigenvalue weighted by Gasteiger charge is -2.50. The summed E-state index contributed by atoms with van der Waals surface area (Å²) in [4.78, 5) is 42.9. The van der Waals surface area contributed by atoms with Gasteiger partial charge in [-0.3, -0.25) is 19.3 Å². The van der Waals surface area contributed by atoms with Crippen molar-refractivity contribution in [1.29, 1.82) is 0 Å². The lowest BCUT2D eigenvalue weighted by Crippen LogP contribution is -2.65. The number of aromatic hydroxyl groups is 1. The maximum absolute atomic E-state index is 14.1. The van der Waals surface area contributed by atoms with Crippen molar-refractivity contribution >= 4 is 28.9 Å². The number of primary amides is 1. The number of aliphatic hydroxyl groups excluding tert-OH is 2. The van der Waals surface area contributed by atoms with Crippen LogP contribution in [0.1, 0.15) is 49.8 Å². The molecule has 2 saturated carbocycles. The first kappa shape index (κ1) is 29.1. The Morgan fingerprint density at radius 3 is 2.32 bits per heavy atom. The van der Waals surface area contributed by atoms with Gasteiger partial charge in [-0.25, -0.2) is 0 Å². The number of rotatable bonds is 6. The predicted octanol–water partition coefficient (Wildman–Crippen LogP) is 1.31. The molecule has 0 spiro atoms. The number of hydrogen-bond donors (Lipinski definition) is 6. The van der Waals surface area contributed by atoms with Crippen molar-refractivity contribution in [2.24, 2.45) is 23.0 Å². The number of phenolic OH excluding ortho intramolecular Hbond substituents is 1. The van der Waals surface area contributed by atoms with E-state index in [0.29, 0.717) is 17.7 Å². The molecule has 2 fully saturated rings. The van der Waals surface area contributed by atoms with Crippen LogP contribution in [0.3, 0.4) is 0 Å². The third-order valence-electron chi connectivity index (χ3n) is 9.82. The highest BCUT2D eigenvalue weighted by molar-refractivity contribution is 6.24. The lowest BCUT2D eigenvalue weighted by molar-refractivity contribution is -0.153. The summed E-state index contributed by atoms with van der Waals surface area (Å²) in [7, 11) is 6.87. The molecule has 5 rings (SSSR count). The summed E-state index contributed by atoms with van der Waals surface area (Å²) in [5, 5.41) is 49.4. The first-order valence-corrected chi connectivity index (χ1v) is 14.0. The fraction of sp³-hybridized carbons (Fsp3) is 0.567. The van der Waals surface area contributed by atoms with Crippen LogP contribution in [-0.4, -0.2) is 88.7 Å². The molecule has 0 bridgehead atoms. The maximum atomic E-state index is 14.1. The number of benzene rings is 1. The molecular formula is C30H40N4O7. The summed E-state index contributed by atoms with van der Waals surface area (Å²) in [6.07, 6.45) is 2.42. The summed E-state index contributed by atoms with van der Waals surface area (Å²) in [5.74, 6) is -6.49. The van der Waals surface area contributed by atoms with Crippen LogP contribution in [-0.2, 0) is 27.3 Å². The number of likely N-dealkylation sites (N-methyl/N-ethyl adjacent to an activating group) is 1. The molecule has 11 nitrogen and oxygen atoms in total. The molecule has 0 radical (unpaired) electrons. The number of ketones is 2.